The molecule has 0 aliphatic carbocycles. The zero-order valence-corrected chi connectivity index (χ0v) is 13.4. The summed E-state index contributed by atoms with van der Waals surface area (Å²) < 4.78 is 27.2. The zero-order valence-electron chi connectivity index (χ0n) is 12.5. The lowest BCUT2D eigenvalue weighted by atomic mass is 10.1. The van der Waals surface area contributed by atoms with Crippen LogP contribution in [0.1, 0.15) is 28.4 Å². The van der Waals surface area contributed by atoms with Gasteiger partial charge in [-0.05, 0) is 44.0 Å². The molecule has 4 nitrogen and oxygen atoms in total. The second-order valence-electron chi connectivity index (χ2n) is 5.54. The fourth-order valence-electron chi connectivity index (χ4n) is 2.75. The van der Waals surface area contributed by atoms with Crippen LogP contribution in [0, 0.1) is 6.92 Å². The second kappa shape index (κ2) is 5.25. The van der Waals surface area contributed by atoms with Crippen LogP contribution >= 0.6 is 0 Å². The van der Waals surface area contributed by atoms with E-state index in [0.717, 1.165) is 16.8 Å². The minimum Gasteiger partial charge on any atom is -0.295 e. The summed E-state index contributed by atoms with van der Waals surface area (Å²) in [6.07, 6.45) is 0.711. The van der Waals surface area contributed by atoms with Crippen LogP contribution in [0.4, 0.5) is 5.69 Å². The Labute approximate surface area is 130 Å². The highest BCUT2D eigenvalue weighted by atomic mass is 32.2. The molecule has 22 heavy (non-hydrogen) atoms. The van der Waals surface area contributed by atoms with Crippen molar-refractivity contribution in [1.29, 1.82) is 0 Å². The van der Waals surface area contributed by atoms with Crippen molar-refractivity contribution >= 4 is 21.5 Å². The molecule has 0 radical (unpaired) electrons. The Morgan fingerprint density at radius 1 is 1.14 bits per heavy atom. The van der Waals surface area contributed by atoms with Gasteiger partial charge in [0.05, 0.1) is 10.6 Å². The molecule has 3 rings (SSSR count). The fraction of sp³-hybridized carbons (Fsp3) is 0.235. The van der Waals surface area contributed by atoms with Gasteiger partial charge in [0, 0.05) is 12.1 Å². The summed E-state index contributed by atoms with van der Waals surface area (Å²) in [5.74, 6) is -0.144. The largest absolute Gasteiger partial charge is 0.295 e. The Balaban J connectivity index is 2.06. The number of aryl methyl sites for hydroxylation is 1. The van der Waals surface area contributed by atoms with Gasteiger partial charge in [-0.2, -0.15) is 0 Å². The maximum Gasteiger partial charge on any atom is 0.264 e. The van der Waals surface area contributed by atoms with Gasteiger partial charge in [0.15, 0.2) is 5.78 Å². The molecule has 0 spiro atoms. The summed E-state index contributed by atoms with van der Waals surface area (Å²) in [6, 6.07) is 12.0. The standard InChI is InChI=1S/C17H17NO3S/c1-12-6-7-17-15(10-12)8-9-18(17)22(20,21)16-5-3-4-14(11-16)13(2)19/h3-7,10-11H,8-9H2,1-2H3. The molecule has 0 amide bonds. The van der Waals surface area contributed by atoms with Crippen LogP contribution < -0.4 is 4.31 Å². The first-order valence-corrected chi connectivity index (χ1v) is 8.57. The first kappa shape index (κ1) is 14.8. The topological polar surface area (TPSA) is 54.5 Å². The van der Waals surface area contributed by atoms with Gasteiger partial charge < -0.3 is 0 Å². The third-order valence-electron chi connectivity index (χ3n) is 3.92. The quantitative estimate of drug-likeness (QED) is 0.818. The molecule has 2 aromatic carbocycles. The SMILES string of the molecule is CC(=O)c1cccc(S(=O)(=O)N2CCc3cc(C)ccc32)c1. The van der Waals surface area contributed by atoms with E-state index in [2.05, 4.69) is 0 Å². The number of sulfonamides is 1. The van der Waals surface area contributed by atoms with Crippen molar-refractivity contribution in [3.63, 3.8) is 0 Å². The van der Waals surface area contributed by atoms with Crippen molar-refractivity contribution in [2.24, 2.45) is 0 Å². The molecule has 1 aliphatic rings. The van der Waals surface area contributed by atoms with Crippen molar-refractivity contribution in [2.75, 3.05) is 10.8 Å². The van der Waals surface area contributed by atoms with Crippen LogP contribution in [0.2, 0.25) is 0 Å². The van der Waals surface area contributed by atoms with Gasteiger partial charge in [0.2, 0.25) is 0 Å². The summed E-state index contributed by atoms with van der Waals surface area (Å²) in [5.41, 5.74) is 3.31. The number of fused-ring (bicyclic) bond motifs is 1. The number of ketones is 1. The van der Waals surface area contributed by atoms with Crippen LogP contribution in [0.25, 0.3) is 0 Å². The normalized spacial score (nSPS) is 14.0. The van der Waals surface area contributed by atoms with E-state index in [0.29, 0.717) is 18.5 Å². The number of anilines is 1. The zero-order chi connectivity index (χ0) is 15.9. The van der Waals surface area contributed by atoms with Gasteiger partial charge in [-0.1, -0.05) is 29.8 Å². The highest BCUT2D eigenvalue weighted by Gasteiger charge is 2.31. The lowest BCUT2D eigenvalue weighted by molar-refractivity contribution is 0.101. The third kappa shape index (κ3) is 2.41. The number of hydrogen-bond donors (Lipinski definition) is 0. The molecular weight excluding hydrogens is 298 g/mol. The van der Waals surface area contributed by atoms with Gasteiger partial charge in [-0.25, -0.2) is 8.42 Å². The van der Waals surface area contributed by atoms with Crippen molar-refractivity contribution in [3.8, 4) is 0 Å². The molecule has 2 aromatic rings. The maximum atomic E-state index is 12.9. The average molecular weight is 315 g/mol. The molecule has 0 saturated heterocycles. The Morgan fingerprint density at radius 2 is 1.91 bits per heavy atom. The molecule has 114 valence electrons. The Hall–Kier alpha value is -2.14. The third-order valence-corrected chi connectivity index (χ3v) is 5.73. The number of nitrogens with zero attached hydrogens (tertiary/aromatic N) is 1. The van der Waals surface area contributed by atoms with E-state index >= 15 is 0 Å². The molecule has 0 aromatic heterocycles. The van der Waals surface area contributed by atoms with E-state index in [-0.39, 0.29) is 10.7 Å². The van der Waals surface area contributed by atoms with Crippen molar-refractivity contribution in [3.05, 3.63) is 59.2 Å². The number of Topliss-reactive ketones (excluding diaryl/α,β-unsaturated/α-hetero) is 1. The van der Waals surface area contributed by atoms with Crippen LogP contribution in [-0.2, 0) is 16.4 Å². The van der Waals surface area contributed by atoms with E-state index in [1.165, 1.54) is 23.4 Å². The summed E-state index contributed by atoms with van der Waals surface area (Å²) in [6.45, 7) is 3.86. The molecule has 1 heterocycles. The predicted molar refractivity (Wildman–Crippen MR) is 85.9 cm³/mol. The smallest absolute Gasteiger partial charge is 0.264 e. The monoisotopic (exact) mass is 315 g/mol. The molecule has 0 N–H and O–H groups in total. The molecule has 1 aliphatic heterocycles. The first-order valence-electron chi connectivity index (χ1n) is 7.13. The van der Waals surface area contributed by atoms with Crippen LogP contribution in [0.5, 0.6) is 0 Å². The minimum absolute atomic E-state index is 0.144. The van der Waals surface area contributed by atoms with Crippen LogP contribution in [-0.4, -0.2) is 20.7 Å². The number of rotatable bonds is 3. The van der Waals surface area contributed by atoms with E-state index in [9.17, 15) is 13.2 Å². The number of benzene rings is 2. The molecule has 0 fully saturated rings. The number of carbonyl (C=O) groups is 1. The molecule has 0 bridgehead atoms. The van der Waals surface area contributed by atoms with E-state index in [1.807, 2.05) is 25.1 Å². The number of carbonyl (C=O) groups excluding carboxylic acids is 1. The molecule has 0 atom stereocenters. The Bertz CT molecular complexity index is 856. The van der Waals surface area contributed by atoms with Gasteiger partial charge in [-0.3, -0.25) is 9.10 Å². The van der Waals surface area contributed by atoms with E-state index < -0.39 is 10.0 Å². The maximum absolute atomic E-state index is 12.9. The van der Waals surface area contributed by atoms with Crippen molar-refractivity contribution < 1.29 is 13.2 Å². The first-order chi connectivity index (χ1) is 10.4. The molecule has 0 saturated carbocycles. The molecule has 5 heteroatoms. The average Bonchev–Trinajstić information content (AvgIpc) is 2.91. The van der Waals surface area contributed by atoms with E-state index in [4.69, 9.17) is 0 Å². The Kier molecular flexibility index (Phi) is 3.53. The lowest BCUT2D eigenvalue weighted by Crippen LogP contribution is -2.29. The van der Waals surface area contributed by atoms with Gasteiger partial charge in [0.1, 0.15) is 0 Å². The second-order valence-corrected chi connectivity index (χ2v) is 7.41. The lowest BCUT2D eigenvalue weighted by Gasteiger charge is -2.20. The van der Waals surface area contributed by atoms with Gasteiger partial charge in [-0.15, -0.1) is 0 Å². The van der Waals surface area contributed by atoms with Gasteiger partial charge >= 0.3 is 0 Å². The van der Waals surface area contributed by atoms with Crippen LogP contribution in [0.15, 0.2) is 47.4 Å². The summed E-state index contributed by atoms with van der Waals surface area (Å²) in [4.78, 5) is 11.6. The molecule has 0 unspecified atom stereocenters. The van der Waals surface area contributed by atoms with Crippen molar-refractivity contribution in [2.45, 2.75) is 25.2 Å². The Morgan fingerprint density at radius 3 is 2.64 bits per heavy atom. The minimum atomic E-state index is -3.64. The summed E-state index contributed by atoms with van der Waals surface area (Å²) >= 11 is 0. The molecular formula is C17H17NO3S. The summed E-state index contributed by atoms with van der Waals surface area (Å²) in [7, 11) is -3.64. The number of hydrogen-bond acceptors (Lipinski definition) is 3. The highest BCUT2D eigenvalue weighted by Crippen LogP contribution is 2.33. The van der Waals surface area contributed by atoms with Crippen LogP contribution in [0.3, 0.4) is 0 Å². The predicted octanol–water partition coefficient (Wildman–Crippen LogP) is 2.95. The highest BCUT2D eigenvalue weighted by molar-refractivity contribution is 7.92. The van der Waals surface area contributed by atoms with Crippen molar-refractivity contribution in [1.82, 2.24) is 0 Å². The van der Waals surface area contributed by atoms with E-state index in [1.54, 1.807) is 12.1 Å². The summed E-state index contributed by atoms with van der Waals surface area (Å²) in [5, 5.41) is 0. The fourth-order valence-corrected chi connectivity index (χ4v) is 4.30. The van der Waals surface area contributed by atoms with Gasteiger partial charge in [0.25, 0.3) is 10.0 Å².